The van der Waals surface area contributed by atoms with Crippen LogP contribution in [0.3, 0.4) is 0 Å². The number of carbonyl (C=O) groups excluding carboxylic acids is 1. The zero-order chi connectivity index (χ0) is 18.5. The van der Waals surface area contributed by atoms with Crippen LogP contribution in [-0.4, -0.2) is 32.6 Å². The number of aryl methyl sites for hydroxylation is 2. The van der Waals surface area contributed by atoms with Gasteiger partial charge in [0.15, 0.2) is 0 Å². The minimum atomic E-state index is -0.142. The van der Waals surface area contributed by atoms with Gasteiger partial charge in [-0.3, -0.25) is 9.48 Å². The largest absolute Gasteiger partial charge is 0.497 e. The molecular formula is C19H23N5O2. The third-order valence-corrected chi connectivity index (χ3v) is 4.08. The van der Waals surface area contributed by atoms with Crippen molar-refractivity contribution in [3.05, 3.63) is 59.7 Å². The number of ether oxygens (including phenoxy) is 1. The molecular weight excluding hydrogens is 330 g/mol. The molecule has 1 aromatic carbocycles. The molecule has 2 heterocycles. The van der Waals surface area contributed by atoms with E-state index in [1.54, 1.807) is 29.7 Å². The molecule has 1 amide bonds. The van der Waals surface area contributed by atoms with E-state index in [4.69, 9.17) is 4.74 Å². The van der Waals surface area contributed by atoms with E-state index < -0.39 is 0 Å². The van der Waals surface area contributed by atoms with Crippen LogP contribution in [0.4, 0.5) is 0 Å². The Morgan fingerprint density at radius 1 is 1.31 bits per heavy atom. The zero-order valence-electron chi connectivity index (χ0n) is 15.3. The Morgan fingerprint density at radius 2 is 2.15 bits per heavy atom. The molecule has 2 aromatic heterocycles. The number of rotatable bonds is 7. The van der Waals surface area contributed by atoms with E-state index in [2.05, 4.69) is 22.4 Å². The molecule has 0 aliphatic heterocycles. The first kappa shape index (κ1) is 17.7. The molecule has 3 rings (SSSR count). The Hall–Kier alpha value is -3.09. The lowest BCUT2D eigenvalue weighted by Crippen LogP contribution is -2.24. The Morgan fingerprint density at radius 3 is 2.92 bits per heavy atom. The van der Waals surface area contributed by atoms with Gasteiger partial charge in [-0.25, -0.2) is 4.68 Å². The first-order chi connectivity index (χ1) is 12.6. The van der Waals surface area contributed by atoms with E-state index in [0.717, 1.165) is 35.5 Å². The summed E-state index contributed by atoms with van der Waals surface area (Å²) in [5, 5.41) is 11.6. The molecule has 136 valence electrons. The zero-order valence-corrected chi connectivity index (χ0v) is 15.3. The molecule has 0 aliphatic rings. The number of amides is 1. The highest BCUT2D eigenvalue weighted by Gasteiger charge is 2.13. The second-order valence-electron chi connectivity index (χ2n) is 6.07. The molecule has 7 heteroatoms. The normalized spacial score (nSPS) is 10.7. The predicted octanol–water partition coefficient (Wildman–Crippen LogP) is 2.50. The van der Waals surface area contributed by atoms with Crippen LogP contribution in [0, 0.1) is 0 Å². The van der Waals surface area contributed by atoms with Gasteiger partial charge in [0.1, 0.15) is 11.4 Å². The van der Waals surface area contributed by atoms with Crippen molar-refractivity contribution in [1.29, 1.82) is 0 Å². The van der Waals surface area contributed by atoms with Crippen molar-refractivity contribution in [3.8, 4) is 11.4 Å². The topological polar surface area (TPSA) is 74.0 Å². The number of carbonyl (C=O) groups is 1. The van der Waals surface area contributed by atoms with E-state index in [1.807, 2.05) is 36.5 Å². The maximum absolute atomic E-state index is 12.4. The fourth-order valence-corrected chi connectivity index (χ4v) is 2.74. The summed E-state index contributed by atoms with van der Waals surface area (Å²) in [6.07, 6.45) is 5.50. The number of benzene rings is 1. The quantitative estimate of drug-likeness (QED) is 0.708. The fraction of sp³-hybridized carbons (Fsp3) is 0.316. The van der Waals surface area contributed by atoms with Crippen LogP contribution < -0.4 is 10.1 Å². The summed E-state index contributed by atoms with van der Waals surface area (Å²) in [4.78, 5) is 12.4. The SMILES string of the molecule is CCCc1cc(C(=O)NCc2cnn(-c3cccc(OC)c3)c2)n(C)n1. The molecule has 0 bridgehead atoms. The minimum absolute atomic E-state index is 0.142. The van der Waals surface area contributed by atoms with Crippen molar-refractivity contribution in [2.45, 2.75) is 26.3 Å². The summed E-state index contributed by atoms with van der Waals surface area (Å²) in [7, 11) is 3.42. The maximum atomic E-state index is 12.4. The lowest BCUT2D eigenvalue weighted by Gasteiger charge is -2.04. The van der Waals surface area contributed by atoms with E-state index in [9.17, 15) is 4.79 Å². The average Bonchev–Trinajstić information content (AvgIpc) is 3.27. The molecule has 0 fully saturated rings. The highest BCUT2D eigenvalue weighted by molar-refractivity contribution is 5.92. The van der Waals surface area contributed by atoms with Crippen molar-refractivity contribution < 1.29 is 9.53 Å². The summed E-state index contributed by atoms with van der Waals surface area (Å²) in [5.74, 6) is 0.628. The molecule has 0 radical (unpaired) electrons. The summed E-state index contributed by atoms with van der Waals surface area (Å²) in [5.41, 5.74) is 3.31. The summed E-state index contributed by atoms with van der Waals surface area (Å²) in [6.45, 7) is 2.49. The van der Waals surface area contributed by atoms with Gasteiger partial charge >= 0.3 is 0 Å². The van der Waals surface area contributed by atoms with Gasteiger partial charge in [0, 0.05) is 31.4 Å². The third-order valence-electron chi connectivity index (χ3n) is 4.08. The molecule has 0 saturated carbocycles. The standard InChI is InChI=1S/C19H23N5O2/c1-4-6-15-9-18(23(2)22-15)19(25)20-11-14-12-21-24(13-14)16-7-5-8-17(10-16)26-3/h5,7-10,12-13H,4,6,11H2,1-3H3,(H,20,25). The highest BCUT2D eigenvalue weighted by atomic mass is 16.5. The molecule has 0 unspecified atom stereocenters. The lowest BCUT2D eigenvalue weighted by molar-refractivity contribution is 0.0941. The Balaban J connectivity index is 1.65. The summed E-state index contributed by atoms with van der Waals surface area (Å²) in [6, 6.07) is 9.49. The molecule has 0 saturated heterocycles. The molecule has 3 aromatic rings. The van der Waals surface area contributed by atoms with Gasteiger partial charge in [-0.15, -0.1) is 0 Å². The Labute approximate surface area is 152 Å². The Kier molecular flexibility index (Phi) is 5.36. The molecule has 7 nitrogen and oxygen atoms in total. The lowest BCUT2D eigenvalue weighted by atomic mass is 10.2. The number of methoxy groups -OCH3 is 1. The molecule has 1 N–H and O–H groups in total. The fourth-order valence-electron chi connectivity index (χ4n) is 2.74. The number of nitrogens with zero attached hydrogens (tertiary/aromatic N) is 4. The Bertz CT molecular complexity index is 897. The molecule has 0 atom stereocenters. The third kappa shape index (κ3) is 3.93. The monoisotopic (exact) mass is 353 g/mol. The van der Waals surface area contributed by atoms with Crippen LogP contribution in [0.1, 0.15) is 35.1 Å². The number of hydrogen-bond acceptors (Lipinski definition) is 4. The van der Waals surface area contributed by atoms with Crippen molar-refractivity contribution in [2.75, 3.05) is 7.11 Å². The van der Waals surface area contributed by atoms with Gasteiger partial charge in [-0.1, -0.05) is 19.4 Å². The number of aromatic nitrogens is 4. The van der Waals surface area contributed by atoms with Gasteiger partial charge in [-0.2, -0.15) is 10.2 Å². The molecule has 26 heavy (non-hydrogen) atoms. The summed E-state index contributed by atoms with van der Waals surface area (Å²) >= 11 is 0. The first-order valence-electron chi connectivity index (χ1n) is 8.59. The second kappa shape index (κ2) is 7.86. The highest BCUT2D eigenvalue weighted by Crippen LogP contribution is 2.16. The van der Waals surface area contributed by atoms with E-state index in [0.29, 0.717) is 12.2 Å². The van der Waals surface area contributed by atoms with Crippen molar-refractivity contribution in [2.24, 2.45) is 7.05 Å². The van der Waals surface area contributed by atoms with Crippen LogP contribution in [0.15, 0.2) is 42.7 Å². The van der Waals surface area contributed by atoms with Gasteiger partial charge in [0.05, 0.1) is 24.7 Å². The van der Waals surface area contributed by atoms with E-state index >= 15 is 0 Å². The second-order valence-corrected chi connectivity index (χ2v) is 6.07. The van der Waals surface area contributed by atoms with Crippen LogP contribution in [0.5, 0.6) is 5.75 Å². The van der Waals surface area contributed by atoms with Gasteiger partial charge in [0.2, 0.25) is 0 Å². The van der Waals surface area contributed by atoms with Crippen molar-refractivity contribution >= 4 is 5.91 Å². The van der Waals surface area contributed by atoms with Crippen molar-refractivity contribution in [1.82, 2.24) is 24.9 Å². The predicted molar refractivity (Wildman–Crippen MR) is 98.5 cm³/mol. The van der Waals surface area contributed by atoms with Gasteiger partial charge < -0.3 is 10.1 Å². The summed E-state index contributed by atoms with van der Waals surface area (Å²) < 4.78 is 8.62. The first-order valence-corrected chi connectivity index (χ1v) is 8.59. The number of hydrogen-bond donors (Lipinski definition) is 1. The van der Waals surface area contributed by atoms with E-state index in [1.165, 1.54) is 0 Å². The van der Waals surface area contributed by atoms with Crippen LogP contribution in [0.2, 0.25) is 0 Å². The van der Waals surface area contributed by atoms with Gasteiger partial charge in [-0.05, 0) is 24.6 Å². The van der Waals surface area contributed by atoms with Crippen LogP contribution in [0.25, 0.3) is 5.69 Å². The number of nitrogens with one attached hydrogen (secondary N) is 1. The van der Waals surface area contributed by atoms with Gasteiger partial charge in [0.25, 0.3) is 5.91 Å². The van der Waals surface area contributed by atoms with Crippen molar-refractivity contribution in [3.63, 3.8) is 0 Å². The smallest absolute Gasteiger partial charge is 0.269 e. The molecule has 0 aliphatic carbocycles. The minimum Gasteiger partial charge on any atom is -0.497 e. The van der Waals surface area contributed by atoms with Crippen LogP contribution >= 0.6 is 0 Å². The van der Waals surface area contributed by atoms with E-state index in [-0.39, 0.29) is 5.91 Å². The molecule has 0 spiro atoms. The maximum Gasteiger partial charge on any atom is 0.269 e. The van der Waals surface area contributed by atoms with Crippen LogP contribution in [-0.2, 0) is 20.0 Å². The average molecular weight is 353 g/mol.